The number of allylic oxidation sites excluding steroid dienone is 1. The zero-order valence-electron chi connectivity index (χ0n) is 10.4. The third kappa shape index (κ3) is 6.37. The molecule has 0 aliphatic carbocycles. The zero-order valence-corrected chi connectivity index (χ0v) is 10.4. The number of esters is 1. The lowest BCUT2D eigenvalue weighted by molar-refractivity contribution is -0.140. The van der Waals surface area contributed by atoms with Crippen LogP contribution in [0.15, 0.2) is 11.6 Å². The van der Waals surface area contributed by atoms with Gasteiger partial charge in [-0.15, -0.1) is 0 Å². The minimum Gasteiger partial charge on any atom is -0.461 e. The van der Waals surface area contributed by atoms with Crippen LogP contribution in [0.1, 0.15) is 39.5 Å². The Morgan fingerprint density at radius 1 is 1.41 bits per heavy atom. The standard InChI is InChI=1S/C13H18N2O2/c1-3-5-6-11(4-2)10-17-13(16)12(9-15)7-8-14/h7,11H,3-6,10H2,1-2H3. The maximum Gasteiger partial charge on any atom is 0.349 e. The lowest BCUT2D eigenvalue weighted by Crippen LogP contribution is -2.14. The van der Waals surface area contributed by atoms with Gasteiger partial charge in [0.05, 0.1) is 12.7 Å². The number of nitriles is 2. The van der Waals surface area contributed by atoms with E-state index in [0.29, 0.717) is 12.5 Å². The van der Waals surface area contributed by atoms with Gasteiger partial charge in [-0.25, -0.2) is 4.79 Å². The molecule has 1 unspecified atom stereocenters. The first kappa shape index (κ1) is 15.2. The summed E-state index contributed by atoms with van der Waals surface area (Å²) in [5.74, 6) is -0.370. The Morgan fingerprint density at radius 3 is 2.59 bits per heavy atom. The molecule has 0 heterocycles. The van der Waals surface area contributed by atoms with E-state index in [0.717, 1.165) is 31.8 Å². The fourth-order valence-electron chi connectivity index (χ4n) is 1.37. The lowest BCUT2D eigenvalue weighted by Gasteiger charge is -2.14. The summed E-state index contributed by atoms with van der Waals surface area (Å²) in [4.78, 5) is 11.4. The lowest BCUT2D eigenvalue weighted by atomic mass is 10.0. The van der Waals surface area contributed by atoms with E-state index in [-0.39, 0.29) is 5.57 Å². The summed E-state index contributed by atoms with van der Waals surface area (Å²) in [5.41, 5.74) is -0.238. The molecular formula is C13H18N2O2. The summed E-state index contributed by atoms with van der Waals surface area (Å²) in [7, 11) is 0. The molecule has 4 nitrogen and oxygen atoms in total. The predicted molar refractivity (Wildman–Crippen MR) is 63.6 cm³/mol. The first-order chi connectivity index (χ1) is 8.19. The number of hydrogen-bond donors (Lipinski definition) is 0. The van der Waals surface area contributed by atoms with Gasteiger partial charge >= 0.3 is 5.97 Å². The van der Waals surface area contributed by atoms with E-state index in [9.17, 15) is 4.79 Å². The van der Waals surface area contributed by atoms with Crippen molar-refractivity contribution in [1.29, 1.82) is 10.5 Å². The summed E-state index contributed by atoms with van der Waals surface area (Å²) >= 11 is 0. The van der Waals surface area contributed by atoms with Crippen molar-refractivity contribution in [2.24, 2.45) is 5.92 Å². The number of rotatable bonds is 7. The molecule has 0 aliphatic rings. The molecule has 0 saturated heterocycles. The van der Waals surface area contributed by atoms with Crippen LogP contribution in [-0.4, -0.2) is 12.6 Å². The number of hydrogen-bond acceptors (Lipinski definition) is 4. The molecule has 0 N–H and O–H groups in total. The molecule has 0 spiro atoms. The SMILES string of the molecule is CCCCC(CC)COC(=O)C(C#N)=CC#N. The van der Waals surface area contributed by atoms with Crippen LogP contribution < -0.4 is 0 Å². The first-order valence-electron chi connectivity index (χ1n) is 5.86. The van der Waals surface area contributed by atoms with Gasteiger partial charge in [0.15, 0.2) is 0 Å². The quantitative estimate of drug-likeness (QED) is 0.385. The van der Waals surface area contributed by atoms with E-state index >= 15 is 0 Å². The second-order valence-electron chi connectivity index (χ2n) is 3.81. The van der Waals surface area contributed by atoms with Crippen LogP contribution in [0.5, 0.6) is 0 Å². The molecule has 0 aromatic carbocycles. The number of nitrogens with zero attached hydrogens (tertiary/aromatic N) is 2. The van der Waals surface area contributed by atoms with Crippen molar-refractivity contribution in [2.75, 3.05) is 6.61 Å². The Kier molecular flexibility index (Phi) is 8.42. The molecule has 0 rings (SSSR count). The summed E-state index contributed by atoms with van der Waals surface area (Å²) < 4.78 is 5.02. The minimum atomic E-state index is -0.705. The molecule has 4 heteroatoms. The highest BCUT2D eigenvalue weighted by molar-refractivity contribution is 5.93. The molecule has 0 amide bonds. The maximum atomic E-state index is 11.4. The number of unbranched alkanes of at least 4 members (excludes halogenated alkanes) is 1. The van der Waals surface area contributed by atoms with Crippen LogP contribution in [-0.2, 0) is 9.53 Å². The Hall–Kier alpha value is -1.81. The molecule has 0 fully saturated rings. The normalized spacial score (nSPS) is 12.4. The zero-order chi connectivity index (χ0) is 13.1. The summed E-state index contributed by atoms with van der Waals surface area (Å²) in [6.45, 7) is 4.48. The molecule has 0 radical (unpaired) electrons. The predicted octanol–water partition coefficient (Wildman–Crippen LogP) is 2.72. The van der Waals surface area contributed by atoms with Crippen LogP contribution in [0, 0.1) is 28.6 Å². The Bertz CT molecular complexity index is 347. The first-order valence-corrected chi connectivity index (χ1v) is 5.86. The number of carbonyl (C=O) groups is 1. The second-order valence-corrected chi connectivity index (χ2v) is 3.81. The van der Waals surface area contributed by atoms with Crippen molar-refractivity contribution in [3.8, 4) is 12.1 Å². The third-order valence-electron chi connectivity index (χ3n) is 2.54. The highest BCUT2D eigenvalue weighted by atomic mass is 16.5. The largest absolute Gasteiger partial charge is 0.461 e. The monoisotopic (exact) mass is 234 g/mol. The van der Waals surface area contributed by atoms with Crippen LogP contribution in [0.2, 0.25) is 0 Å². The van der Waals surface area contributed by atoms with Gasteiger partial charge < -0.3 is 4.74 Å². The van der Waals surface area contributed by atoms with Gasteiger partial charge in [-0.05, 0) is 12.3 Å². The highest BCUT2D eigenvalue weighted by Gasteiger charge is 2.13. The van der Waals surface area contributed by atoms with Gasteiger partial charge in [0, 0.05) is 6.08 Å². The fraction of sp³-hybridized carbons (Fsp3) is 0.615. The van der Waals surface area contributed by atoms with E-state index in [1.54, 1.807) is 12.1 Å². The highest BCUT2D eigenvalue weighted by Crippen LogP contribution is 2.13. The van der Waals surface area contributed by atoms with E-state index < -0.39 is 5.97 Å². The number of carbonyl (C=O) groups excluding carboxylic acids is 1. The van der Waals surface area contributed by atoms with Crippen LogP contribution in [0.4, 0.5) is 0 Å². The molecule has 0 aromatic rings. The third-order valence-corrected chi connectivity index (χ3v) is 2.54. The molecule has 0 saturated carbocycles. The van der Waals surface area contributed by atoms with Crippen molar-refractivity contribution < 1.29 is 9.53 Å². The Balaban J connectivity index is 4.18. The van der Waals surface area contributed by atoms with E-state index in [2.05, 4.69) is 6.92 Å². The average Bonchev–Trinajstić information content (AvgIpc) is 2.35. The summed E-state index contributed by atoms with van der Waals surface area (Å²) in [5, 5.41) is 17.0. The molecular weight excluding hydrogens is 216 g/mol. The average molecular weight is 234 g/mol. The van der Waals surface area contributed by atoms with Crippen LogP contribution in [0.25, 0.3) is 0 Å². The molecule has 1 atom stereocenters. The van der Waals surface area contributed by atoms with Crippen molar-refractivity contribution in [2.45, 2.75) is 39.5 Å². The topological polar surface area (TPSA) is 73.9 Å². The van der Waals surface area contributed by atoms with Crippen molar-refractivity contribution in [3.05, 3.63) is 11.6 Å². The minimum absolute atomic E-state index is 0.238. The van der Waals surface area contributed by atoms with Crippen molar-refractivity contribution in [1.82, 2.24) is 0 Å². The van der Waals surface area contributed by atoms with Gasteiger partial charge in [0.25, 0.3) is 0 Å². The van der Waals surface area contributed by atoms with Crippen LogP contribution >= 0.6 is 0 Å². The summed E-state index contributed by atoms with van der Waals surface area (Å²) in [6, 6.07) is 3.30. The van der Waals surface area contributed by atoms with E-state index in [4.69, 9.17) is 15.3 Å². The molecule has 0 aromatic heterocycles. The van der Waals surface area contributed by atoms with Crippen molar-refractivity contribution in [3.63, 3.8) is 0 Å². The van der Waals surface area contributed by atoms with Gasteiger partial charge in [0.1, 0.15) is 11.6 Å². The van der Waals surface area contributed by atoms with E-state index in [1.165, 1.54) is 0 Å². The van der Waals surface area contributed by atoms with Gasteiger partial charge in [-0.2, -0.15) is 10.5 Å². The van der Waals surface area contributed by atoms with Crippen LogP contribution in [0.3, 0.4) is 0 Å². The fourth-order valence-corrected chi connectivity index (χ4v) is 1.37. The molecule has 0 bridgehead atoms. The Labute approximate surface area is 102 Å². The van der Waals surface area contributed by atoms with Gasteiger partial charge in [0.2, 0.25) is 0 Å². The van der Waals surface area contributed by atoms with Gasteiger partial charge in [-0.1, -0.05) is 33.1 Å². The maximum absolute atomic E-state index is 11.4. The summed E-state index contributed by atoms with van der Waals surface area (Å²) in [6.07, 6.45) is 5.09. The molecule has 0 aliphatic heterocycles. The second kappa shape index (κ2) is 9.42. The van der Waals surface area contributed by atoms with Crippen molar-refractivity contribution >= 4 is 5.97 Å². The smallest absolute Gasteiger partial charge is 0.349 e. The van der Waals surface area contributed by atoms with E-state index in [1.807, 2.05) is 6.92 Å². The number of ether oxygens (including phenoxy) is 1. The van der Waals surface area contributed by atoms with Gasteiger partial charge in [-0.3, -0.25) is 0 Å². The Morgan fingerprint density at radius 2 is 2.12 bits per heavy atom. The molecule has 17 heavy (non-hydrogen) atoms. The molecule has 92 valence electrons.